The van der Waals surface area contributed by atoms with Gasteiger partial charge >= 0.3 is 6.18 Å². The van der Waals surface area contributed by atoms with Crippen LogP contribution in [-0.2, 0) is 6.18 Å². The molecule has 1 amide bonds. The lowest BCUT2D eigenvalue weighted by atomic mass is 10.0. The third kappa shape index (κ3) is 3.24. The molecule has 0 aliphatic carbocycles. The van der Waals surface area contributed by atoms with Gasteiger partial charge in [0.05, 0.1) is 23.3 Å². The number of halogens is 3. The zero-order valence-electron chi connectivity index (χ0n) is 13.3. The monoisotopic (exact) mass is 339 g/mol. The molecule has 6 nitrogen and oxygen atoms in total. The van der Waals surface area contributed by atoms with Gasteiger partial charge in [-0.1, -0.05) is 0 Å². The Hall–Kier alpha value is -2.84. The summed E-state index contributed by atoms with van der Waals surface area (Å²) >= 11 is 0. The molecule has 4 N–H and O–H groups in total. The number of aliphatic imine (C=N–C) groups is 1. The first kappa shape index (κ1) is 17.5. The van der Waals surface area contributed by atoms with Crippen LogP contribution in [0.4, 0.5) is 13.2 Å². The highest BCUT2D eigenvalue weighted by molar-refractivity contribution is 6.03. The van der Waals surface area contributed by atoms with Crippen LogP contribution in [0.2, 0.25) is 0 Å². The lowest BCUT2D eigenvalue weighted by Crippen LogP contribution is -2.24. The normalized spacial score (nSPS) is 11.4. The highest BCUT2D eigenvalue weighted by Crippen LogP contribution is 2.36. The van der Waals surface area contributed by atoms with Gasteiger partial charge in [0, 0.05) is 11.3 Å². The summed E-state index contributed by atoms with van der Waals surface area (Å²) in [5, 5.41) is 0. The summed E-state index contributed by atoms with van der Waals surface area (Å²) in [5.41, 5.74) is 10.4. The van der Waals surface area contributed by atoms with Crippen LogP contribution in [0.3, 0.4) is 0 Å². The quantitative estimate of drug-likeness (QED) is 0.647. The molecule has 1 aromatic heterocycles. The number of guanidine groups is 1. The summed E-state index contributed by atoms with van der Waals surface area (Å²) in [7, 11) is 0. The molecule has 2 rings (SSSR count). The number of aryl methyl sites for hydroxylation is 2. The maximum Gasteiger partial charge on any atom is 0.418 e. The fourth-order valence-corrected chi connectivity index (χ4v) is 2.27. The number of nitrogens with two attached hydrogens (primary N) is 2. The topological polar surface area (TPSA) is 99.3 Å². The molecule has 2 aromatic rings. The van der Waals surface area contributed by atoms with Gasteiger partial charge in [-0.05, 0) is 38.5 Å². The van der Waals surface area contributed by atoms with Crippen molar-refractivity contribution in [3.63, 3.8) is 0 Å². The maximum atomic E-state index is 13.5. The molecule has 1 heterocycles. The van der Waals surface area contributed by atoms with Gasteiger partial charge in [0.15, 0.2) is 5.96 Å². The molecular weight excluding hydrogens is 323 g/mol. The number of hydrogen-bond acceptors (Lipinski definition) is 2. The number of rotatable bonds is 2. The van der Waals surface area contributed by atoms with Crippen LogP contribution >= 0.6 is 0 Å². The third-order valence-electron chi connectivity index (χ3n) is 3.62. The van der Waals surface area contributed by atoms with E-state index in [-0.39, 0.29) is 11.3 Å². The van der Waals surface area contributed by atoms with E-state index in [9.17, 15) is 18.0 Å². The Bertz CT molecular complexity index is 832. The summed E-state index contributed by atoms with van der Waals surface area (Å²) in [6.45, 7) is 4.87. The molecule has 0 spiro atoms. The Labute approximate surface area is 136 Å². The minimum absolute atomic E-state index is 0.112. The van der Waals surface area contributed by atoms with Crippen molar-refractivity contribution in [1.29, 1.82) is 0 Å². The van der Waals surface area contributed by atoms with Gasteiger partial charge < -0.3 is 16.0 Å². The van der Waals surface area contributed by atoms with Crippen molar-refractivity contribution < 1.29 is 18.0 Å². The van der Waals surface area contributed by atoms with E-state index in [4.69, 9.17) is 11.5 Å². The first-order valence-corrected chi connectivity index (χ1v) is 6.89. The van der Waals surface area contributed by atoms with E-state index in [2.05, 4.69) is 9.98 Å². The van der Waals surface area contributed by atoms with Gasteiger partial charge in [-0.25, -0.2) is 4.98 Å². The second kappa shape index (κ2) is 5.99. The van der Waals surface area contributed by atoms with E-state index < -0.39 is 23.6 Å². The Balaban J connectivity index is 2.74. The summed E-state index contributed by atoms with van der Waals surface area (Å²) in [4.78, 5) is 19.3. The Morgan fingerprint density at radius 1 is 1.21 bits per heavy atom. The smallest absolute Gasteiger partial charge is 0.370 e. The predicted molar refractivity (Wildman–Crippen MR) is 82.9 cm³/mol. The second-order valence-corrected chi connectivity index (χ2v) is 5.31. The van der Waals surface area contributed by atoms with Crippen LogP contribution in [-0.4, -0.2) is 21.4 Å². The average molecular weight is 339 g/mol. The molecule has 0 radical (unpaired) electrons. The molecule has 9 heteroatoms. The Morgan fingerprint density at radius 2 is 1.83 bits per heavy atom. The number of benzene rings is 1. The molecular formula is C15H16F3N5O. The number of aromatic nitrogens is 2. The molecule has 0 saturated heterocycles. The van der Waals surface area contributed by atoms with E-state index in [0.717, 1.165) is 6.07 Å². The zero-order valence-corrected chi connectivity index (χ0v) is 13.3. The third-order valence-corrected chi connectivity index (χ3v) is 3.62. The number of hydrogen-bond donors (Lipinski definition) is 2. The van der Waals surface area contributed by atoms with Gasteiger partial charge in [-0.15, -0.1) is 0 Å². The lowest BCUT2D eigenvalue weighted by molar-refractivity contribution is -0.137. The minimum Gasteiger partial charge on any atom is -0.370 e. The van der Waals surface area contributed by atoms with Crippen molar-refractivity contribution in [2.24, 2.45) is 16.5 Å². The summed E-state index contributed by atoms with van der Waals surface area (Å²) < 4.78 is 41.8. The molecule has 0 aliphatic heterocycles. The summed E-state index contributed by atoms with van der Waals surface area (Å²) in [6.07, 6.45) is -3.35. The standard InChI is InChI=1S/C15H16F3N5O/c1-7-4-12(23-6-21-8(2)9(23)3)11(15(16,17)18)5-10(7)13(24)22-14(19)20/h4-6H,1-3H3,(H4,19,20,22,24). The largest absolute Gasteiger partial charge is 0.418 e. The van der Waals surface area contributed by atoms with Crippen LogP contribution in [0, 0.1) is 20.8 Å². The number of imidazole rings is 1. The van der Waals surface area contributed by atoms with Gasteiger partial charge in [0.25, 0.3) is 5.91 Å². The van der Waals surface area contributed by atoms with Crippen LogP contribution < -0.4 is 11.5 Å². The molecule has 0 unspecified atom stereocenters. The van der Waals surface area contributed by atoms with E-state index in [0.29, 0.717) is 17.0 Å². The van der Waals surface area contributed by atoms with Crippen molar-refractivity contribution in [2.45, 2.75) is 26.9 Å². The molecule has 24 heavy (non-hydrogen) atoms. The molecule has 0 fully saturated rings. The van der Waals surface area contributed by atoms with Gasteiger partial charge in [0.1, 0.15) is 0 Å². The highest BCUT2D eigenvalue weighted by Gasteiger charge is 2.35. The fraction of sp³-hybridized carbons (Fsp3) is 0.267. The first-order chi connectivity index (χ1) is 11.0. The first-order valence-electron chi connectivity index (χ1n) is 6.89. The second-order valence-electron chi connectivity index (χ2n) is 5.31. The van der Waals surface area contributed by atoms with Crippen molar-refractivity contribution in [2.75, 3.05) is 0 Å². The number of amides is 1. The van der Waals surface area contributed by atoms with Crippen LogP contribution in [0.25, 0.3) is 5.69 Å². The molecule has 0 bridgehead atoms. The van der Waals surface area contributed by atoms with E-state index in [1.807, 2.05) is 0 Å². The molecule has 0 atom stereocenters. The highest BCUT2D eigenvalue weighted by atomic mass is 19.4. The number of carbonyl (C=O) groups is 1. The Morgan fingerprint density at radius 3 is 2.29 bits per heavy atom. The molecule has 128 valence electrons. The Kier molecular flexibility index (Phi) is 4.37. The zero-order chi connectivity index (χ0) is 18.2. The average Bonchev–Trinajstić information content (AvgIpc) is 2.76. The SMILES string of the molecule is Cc1cc(-n2cnc(C)c2C)c(C(F)(F)F)cc1C(=O)N=C(N)N. The van der Waals surface area contributed by atoms with Gasteiger partial charge in [-0.3, -0.25) is 4.79 Å². The van der Waals surface area contributed by atoms with Gasteiger partial charge in [0.2, 0.25) is 0 Å². The van der Waals surface area contributed by atoms with Gasteiger partial charge in [-0.2, -0.15) is 18.2 Å². The van der Waals surface area contributed by atoms with E-state index in [1.54, 1.807) is 13.8 Å². The molecule has 0 saturated carbocycles. The molecule has 0 aliphatic rings. The van der Waals surface area contributed by atoms with E-state index >= 15 is 0 Å². The van der Waals surface area contributed by atoms with Crippen molar-refractivity contribution in [3.8, 4) is 5.69 Å². The summed E-state index contributed by atoms with van der Waals surface area (Å²) in [6, 6.07) is 2.03. The summed E-state index contributed by atoms with van der Waals surface area (Å²) in [5.74, 6) is -1.44. The maximum absolute atomic E-state index is 13.5. The van der Waals surface area contributed by atoms with Crippen molar-refractivity contribution in [1.82, 2.24) is 9.55 Å². The van der Waals surface area contributed by atoms with Crippen LogP contribution in [0.1, 0.15) is 32.9 Å². The molecule has 1 aromatic carbocycles. The fourth-order valence-electron chi connectivity index (χ4n) is 2.27. The van der Waals surface area contributed by atoms with Crippen molar-refractivity contribution >= 4 is 11.9 Å². The van der Waals surface area contributed by atoms with E-state index in [1.165, 1.54) is 23.9 Å². The number of nitrogens with zero attached hydrogens (tertiary/aromatic N) is 3. The van der Waals surface area contributed by atoms with Crippen molar-refractivity contribution in [3.05, 3.63) is 46.5 Å². The number of carbonyl (C=O) groups excluding carboxylic acids is 1. The minimum atomic E-state index is -4.67. The predicted octanol–water partition coefficient (Wildman–Crippen LogP) is 2.23. The lowest BCUT2D eigenvalue weighted by Gasteiger charge is -2.17. The van der Waals surface area contributed by atoms with Crippen LogP contribution in [0.5, 0.6) is 0 Å². The van der Waals surface area contributed by atoms with Crippen LogP contribution in [0.15, 0.2) is 23.5 Å². The number of alkyl halides is 3.